The number of likely N-dealkylation sites (tertiary alicyclic amines) is 1. The second kappa shape index (κ2) is 8.54. The molecule has 0 aromatic heterocycles. The van der Waals surface area contributed by atoms with Crippen molar-refractivity contribution in [1.82, 2.24) is 4.90 Å². The molecule has 2 saturated heterocycles. The molecule has 0 saturated carbocycles. The van der Waals surface area contributed by atoms with Crippen molar-refractivity contribution in [3.05, 3.63) is 23.8 Å². The number of benzene rings is 1. The van der Waals surface area contributed by atoms with Crippen molar-refractivity contribution in [2.75, 3.05) is 40.5 Å². The monoisotopic (exact) mass is 349 g/mol. The minimum Gasteiger partial charge on any atom is -0.493 e. The third-order valence-electron chi connectivity index (χ3n) is 4.94. The topological polar surface area (TPSA) is 57.2 Å². The molecule has 2 fully saturated rings. The Morgan fingerprint density at radius 2 is 2.04 bits per heavy atom. The van der Waals surface area contributed by atoms with Crippen LogP contribution in [0.15, 0.2) is 18.2 Å². The van der Waals surface area contributed by atoms with Crippen LogP contribution >= 0.6 is 0 Å². The van der Waals surface area contributed by atoms with E-state index in [2.05, 4.69) is 0 Å². The van der Waals surface area contributed by atoms with Crippen molar-refractivity contribution in [3.8, 4) is 11.5 Å². The third-order valence-corrected chi connectivity index (χ3v) is 4.94. The van der Waals surface area contributed by atoms with E-state index in [1.807, 2.05) is 23.1 Å². The van der Waals surface area contributed by atoms with Crippen LogP contribution in [0.5, 0.6) is 11.5 Å². The van der Waals surface area contributed by atoms with E-state index in [0.717, 1.165) is 31.5 Å². The van der Waals surface area contributed by atoms with Crippen LogP contribution in [0, 0.1) is 5.92 Å². The van der Waals surface area contributed by atoms with Gasteiger partial charge in [-0.3, -0.25) is 4.79 Å². The SMILES string of the molecule is COc1cccc(CCC(=O)N2CCCC(C3OCCO3)C2)c1OC. The Hall–Kier alpha value is -1.79. The summed E-state index contributed by atoms with van der Waals surface area (Å²) in [6.45, 7) is 2.85. The molecule has 138 valence electrons. The Bertz CT molecular complexity index is 585. The maximum absolute atomic E-state index is 12.7. The summed E-state index contributed by atoms with van der Waals surface area (Å²) in [6.07, 6.45) is 3.01. The minimum atomic E-state index is -0.144. The lowest BCUT2D eigenvalue weighted by molar-refractivity contribution is -0.139. The zero-order valence-corrected chi connectivity index (χ0v) is 15.0. The van der Waals surface area contributed by atoms with Gasteiger partial charge in [-0.15, -0.1) is 0 Å². The number of aryl methyl sites for hydroxylation is 1. The maximum atomic E-state index is 12.7. The number of piperidine rings is 1. The third kappa shape index (κ3) is 4.25. The maximum Gasteiger partial charge on any atom is 0.222 e. The van der Waals surface area contributed by atoms with E-state index in [1.165, 1.54) is 0 Å². The van der Waals surface area contributed by atoms with Gasteiger partial charge in [-0.2, -0.15) is 0 Å². The molecule has 0 spiro atoms. The van der Waals surface area contributed by atoms with Gasteiger partial charge < -0.3 is 23.8 Å². The van der Waals surface area contributed by atoms with Gasteiger partial charge in [0.15, 0.2) is 17.8 Å². The fourth-order valence-corrected chi connectivity index (χ4v) is 3.66. The van der Waals surface area contributed by atoms with Gasteiger partial charge in [-0.05, 0) is 30.9 Å². The van der Waals surface area contributed by atoms with E-state index >= 15 is 0 Å². The summed E-state index contributed by atoms with van der Waals surface area (Å²) < 4.78 is 22.0. The Balaban J connectivity index is 1.57. The standard InChI is InChI=1S/C19H27NO5/c1-22-16-7-3-5-14(18(16)23-2)8-9-17(21)20-10-4-6-15(13-20)19-24-11-12-25-19/h3,5,7,15,19H,4,6,8-13H2,1-2H3. The molecule has 1 unspecified atom stereocenters. The van der Waals surface area contributed by atoms with Gasteiger partial charge in [0.25, 0.3) is 0 Å². The molecule has 1 amide bonds. The predicted octanol–water partition coefficient (Wildman–Crippen LogP) is 2.25. The molecule has 1 aromatic rings. The van der Waals surface area contributed by atoms with Crippen LogP contribution in [-0.4, -0.2) is 57.6 Å². The zero-order chi connectivity index (χ0) is 17.6. The fourth-order valence-electron chi connectivity index (χ4n) is 3.66. The van der Waals surface area contributed by atoms with Crippen LogP contribution in [0.1, 0.15) is 24.8 Å². The van der Waals surface area contributed by atoms with Crippen LogP contribution in [0.4, 0.5) is 0 Å². The first-order valence-corrected chi connectivity index (χ1v) is 8.93. The highest BCUT2D eigenvalue weighted by atomic mass is 16.7. The quantitative estimate of drug-likeness (QED) is 0.788. The van der Waals surface area contributed by atoms with Crippen molar-refractivity contribution in [1.29, 1.82) is 0 Å². The number of para-hydroxylation sites is 1. The van der Waals surface area contributed by atoms with Crippen LogP contribution < -0.4 is 9.47 Å². The molecule has 6 heteroatoms. The molecule has 1 aromatic carbocycles. The average molecular weight is 349 g/mol. The second-order valence-electron chi connectivity index (χ2n) is 6.50. The summed E-state index contributed by atoms with van der Waals surface area (Å²) in [4.78, 5) is 14.6. The van der Waals surface area contributed by atoms with Gasteiger partial charge in [0.1, 0.15) is 0 Å². The predicted molar refractivity (Wildman–Crippen MR) is 92.9 cm³/mol. The van der Waals surface area contributed by atoms with Crippen molar-refractivity contribution in [2.45, 2.75) is 32.0 Å². The molecule has 6 nitrogen and oxygen atoms in total. The van der Waals surface area contributed by atoms with Crippen molar-refractivity contribution in [3.63, 3.8) is 0 Å². The Morgan fingerprint density at radius 1 is 1.24 bits per heavy atom. The van der Waals surface area contributed by atoms with E-state index in [4.69, 9.17) is 18.9 Å². The lowest BCUT2D eigenvalue weighted by Crippen LogP contribution is -2.43. The van der Waals surface area contributed by atoms with E-state index in [1.54, 1.807) is 14.2 Å². The first-order valence-electron chi connectivity index (χ1n) is 8.93. The molecule has 2 aliphatic rings. The van der Waals surface area contributed by atoms with Gasteiger partial charge in [0.05, 0.1) is 27.4 Å². The lowest BCUT2D eigenvalue weighted by atomic mass is 9.96. The first kappa shape index (κ1) is 18.0. The molecule has 2 heterocycles. The molecule has 2 aliphatic heterocycles. The summed E-state index contributed by atoms with van der Waals surface area (Å²) in [5, 5.41) is 0. The summed E-state index contributed by atoms with van der Waals surface area (Å²) in [5.74, 6) is 1.86. The second-order valence-corrected chi connectivity index (χ2v) is 6.50. The fraction of sp³-hybridized carbons (Fsp3) is 0.632. The number of hydrogen-bond donors (Lipinski definition) is 0. The molecule has 0 bridgehead atoms. The van der Waals surface area contributed by atoms with Crippen LogP contribution in [0.2, 0.25) is 0 Å². The van der Waals surface area contributed by atoms with Crippen LogP contribution in [-0.2, 0) is 20.7 Å². The van der Waals surface area contributed by atoms with Crippen molar-refractivity contribution < 1.29 is 23.7 Å². The molecule has 0 N–H and O–H groups in total. The number of amides is 1. The molecule has 0 aliphatic carbocycles. The highest BCUT2D eigenvalue weighted by Gasteiger charge is 2.32. The number of ether oxygens (including phenoxy) is 4. The summed E-state index contributed by atoms with van der Waals surface area (Å²) in [6, 6.07) is 5.77. The van der Waals surface area contributed by atoms with Crippen LogP contribution in [0.3, 0.4) is 0 Å². The molecule has 1 atom stereocenters. The average Bonchev–Trinajstić information content (AvgIpc) is 3.20. The molecular formula is C19H27NO5. The number of carbonyl (C=O) groups excluding carboxylic acids is 1. The van der Waals surface area contributed by atoms with Gasteiger partial charge in [0.2, 0.25) is 5.91 Å². The Morgan fingerprint density at radius 3 is 2.76 bits per heavy atom. The normalized spacial score (nSPS) is 21.4. The Kier molecular flexibility index (Phi) is 6.15. The van der Waals surface area contributed by atoms with Gasteiger partial charge in [0, 0.05) is 25.4 Å². The summed E-state index contributed by atoms with van der Waals surface area (Å²) in [7, 11) is 3.24. The number of nitrogens with zero attached hydrogens (tertiary/aromatic N) is 1. The van der Waals surface area contributed by atoms with E-state index < -0.39 is 0 Å². The summed E-state index contributed by atoms with van der Waals surface area (Å²) in [5.41, 5.74) is 0.992. The van der Waals surface area contributed by atoms with Crippen molar-refractivity contribution in [2.24, 2.45) is 5.92 Å². The van der Waals surface area contributed by atoms with Gasteiger partial charge in [-0.25, -0.2) is 0 Å². The molecule has 25 heavy (non-hydrogen) atoms. The zero-order valence-electron chi connectivity index (χ0n) is 15.0. The largest absolute Gasteiger partial charge is 0.493 e. The number of carbonyl (C=O) groups is 1. The highest BCUT2D eigenvalue weighted by molar-refractivity contribution is 5.76. The van der Waals surface area contributed by atoms with Gasteiger partial charge >= 0.3 is 0 Å². The van der Waals surface area contributed by atoms with Crippen molar-refractivity contribution >= 4 is 5.91 Å². The van der Waals surface area contributed by atoms with E-state index in [0.29, 0.717) is 37.6 Å². The number of methoxy groups -OCH3 is 2. The number of rotatable bonds is 6. The van der Waals surface area contributed by atoms with E-state index in [-0.39, 0.29) is 18.1 Å². The summed E-state index contributed by atoms with van der Waals surface area (Å²) >= 11 is 0. The lowest BCUT2D eigenvalue weighted by Gasteiger charge is -2.34. The smallest absolute Gasteiger partial charge is 0.222 e. The van der Waals surface area contributed by atoms with Gasteiger partial charge in [-0.1, -0.05) is 12.1 Å². The van der Waals surface area contributed by atoms with E-state index in [9.17, 15) is 4.79 Å². The highest BCUT2D eigenvalue weighted by Crippen LogP contribution is 2.32. The molecule has 3 rings (SSSR count). The molecule has 0 radical (unpaired) electrons. The Labute approximate surface area is 149 Å². The van der Waals surface area contributed by atoms with Crippen LogP contribution in [0.25, 0.3) is 0 Å². The molecular weight excluding hydrogens is 322 g/mol. The number of hydrogen-bond acceptors (Lipinski definition) is 5. The minimum absolute atomic E-state index is 0.144. The first-order chi connectivity index (χ1) is 12.2.